The number of benzene rings is 12. The van der Waals surface area contributed by atoms with Gasteiger partial charge in [0.25, 0.3) is 0 Å². The zero-order chi connectivity index (χ0) is 46.3. The summed E-state index contributed by atoms with van der Waals surface area (Å²) in [7, 11) is -1.38. The van der Waals surface area contributed by atoms with Crippen LogP contribution in [-0.2, 0) is 0 Å². The molecular weight excluding hydrogens is 1050 g/mol. The minimum Gasteiger partial charge on any atom is -0.423 e. The number of nitrogens with two attached hydrogens (primary N) is 2. The average molecular weight is 1090 g/mol. The van der Waals surface area contributed by atoms with Gasteiger partial charge in [-0.3, -0.25) is 0 Å². The van der Waals surface area contributed by atoms with Crippen LogP contribution in [0.5, 0.6) is 0 Å². The number of nitrogen functional groups attached to an aromatic ring is 2. The van der Waals surface area contributed by atoms with Crippen molar-refractivity contribution < 1.29 is 10.0 Å². The molecule has 67 heavy (non-hydrogen) atoms. The first kappa shape index (κ1) is 45.4. The third kappa shape index (κ3) is 10.3. The Morgan fingerprint density at radius 3 is 1.07 bits per heavy atom. The highest BCUT2D eigenvalue weighted by atomic mass is 127. The van der Waals surface area contributed by atoms with E-state index in [9.17, 15) is 0 Å². The fraction of sp³-hybridized carbons (Fsp3) is 0. The number of halogens is 2. The lowest BCUT2D eigenvalue weighted by Gasteiger charge is -2.12. The molecule has 6 N–H and O–H groups in total. The summed E-state index contributed by atoms with van der Waals surface area (Å²) in [6.45, 7) is 0. The van der Waals surface area contributed by atoms with E-state index in [0.717, 1.165) is 32.9 Å². The molecule has 12 aromatic rings. The Morgan fingerprint density at radius 2 is 0.642 bits per heavy atom. The molecule has 0 unspecified atom stereocenters. The molecule has 0 aliphatic carbocycles. The number of hydrogen-bond acceptors (Lipinski definition) is 4. The van der Waals surface area contributed by atoms with Crippen molar-refractivity contribution in [2.24, 2.45) is 0 Å². The van der Waals surface area contributed by atoms with Crippen LogP contribution in [0.25, 0.3) is 86.9 Å². The van der Waals surface area contributed by atoms with Gasteiger partial charge in [0.15, 0.2) is 0 Å². The number of hydrogen-bond donors (Lipinski definition) is 4. The fourth-order valence-electron chi connectivity index (χ4n) is 8.49. The highest BCUT2D eigenvalue weighted by Crippen LogP contribution is 2.37. The van der Waals surface area contributed by atoms with Crippen molar-refractivity contribution in [2.45, 2.75) is 0 Å². The van der Waals surface area contributed by atoms with Gasteiger partial charge >= 0.3 is 7.12 Å². The molecule has 0 amide bonds. The van der Waals surface area contributed by atoms with Gasteiger partial charge in [0.1, 0.15) is 0 Å². The lowest BCUT2D eigenvalue weighted by atomic mass is 9.79. The molecule has 0 aliphatic heterocycles. The van der Waals surface area contributed by atoms with Gasteiger partial charge in [0, 0.05) is 29.3 Å². The van der Waals surface area contributed by atoms with Gasteiger partial charge in [-0.1, -0.05) is 200 Å². The van der Waals surface area contributed by atoms with Gasteiger partial charge < -0.3 is 21.5 Å². The van der Waals surface area contributed by atoms with Crippen molar-refractivity contribution in [3.05, 3.63) is 244 Å². The summed E-state index contributed by atoms with van der Waals surface area (Å²) in [5, 5.41) is 32.4. The van der Waals surface area contributed by atoms with Crippen LogP contribution < -0.4 is 16.9 Å². The SMILES string of the molecule is Ic1cccc2c(I)cccc12.Nc1cccc2c(N)cccc12.OB(O)c1ccc2ccccc2c1.c1ccc2cc(-c3cccc4c(-c5ccc6ccccc6c5)cccc34)ccc2c1. The van der Waals surface area contributed by atoms with Crippen LogP contribution in [0.4, 0.5) is 11.4 Å². The topological polar surface area (TPSA) is 92.5 Å². The molecule has 0 saturated heterocycles. The van der Waals surface area contributed by atoms with E-state index in [1.807, 2.05) is 66.7 Å². The minimum atomic E-state index is -1.38. The molecule has 324 valence electrons. The summed E-state index contributed by atoms with van der Waals surface area (Å²) in [5.41, 5.74) is 18.7. The molecule has 0 atom stereocenters. The summed E-state index contributed by atoms with van der Waals surface area (Å²) in [4.78, 5) is 0. The first-order valence-electron chi connectivity index (χ1n) is 21.9. The zero-order valence-electron chi connectivity index (χ0n) is 36.4. The molecule has 12 rings (SSSR count). The largest absolute Gasteiger partial charge is 0.488 e. The van der Waals surface area contributed by atoms with Crippen LogP contribution in [0.2, 0.25) is 0 Å². The van der Waals surface area contributed by atoms with E-state index in [2.05, 4.69) is 203 Å². The van der Waals surface area contributed by atoms with Crippen LogP contribution in [0.3, 0.4) is 0 Å². The Kier molecular flexibility index (Phi) is 14.1. The molecule has 0 spiro atoms. The second-order valence-corrected chi connectivity index (χ2v) is 18.5. The van der Waals surface area contributed by atoms with Crippen molar-refractivity contribution in [3.8, 4) is 22.3 Å². The van der Waals surface area contributed by atoms with E-state index in [4.69, 9.17) is 21.5 Å². The van der Waals surface area contributed by atoms with E-state index in [1.54, 1.807) is 12.1 Å². The van der Waals surface area contributed by atoms with E-state index < -0.39 is 7.12 Å². The molecule has 7 heteroatoms. The van der Waals surface area contributed by atoms with Crippen molar-refractivity contribution in [1.82, 2.24) is 0 Å². The van der Waals surface area contributed by atoms with E-state index in [1.165, 1.54) is 72.5 Å². The molecule has 0 radical (unpaired) electrons. The summed E-state index contributed by atoms with van der Waals surface area (Å²) < 4.78 is 2.65. The Morgan fingerprint density at radius 1 is 0.299 bits per heavy atom. The molecule has 0 saturated carbocycles. The summed E-state index contributed by atoms with van der Waals surface area (Å²) in [6.07, 6.45) is 0. The predicted octanol–water partition coefficient (Wildman–Crippen LogP) is 15.1. The summed E-state index contributed by atoms with van der Waals surface area (Å²) >= 11 is 4.74. The molecule has 0 bridgehead atoms. The number of rotatable bonds is 3. The van der Waals surface area contributed by atoms with Crippen LogP contribution in [0.15, 0.2) is 237 Å². The molecule has 0 heterocycles. The van der Waals surface area contributed by atoms with Gasteiger partial charge in [0.2, 0.25) is 0 Å². The summed E-state index contributed by atoms with van der Waals surface area (Å²) in [6, 6.07) is 81.4. The number of anilines is 2. The first-order chi connectivity index (χ1) is 32.7. The zero-order valence-corrected chi connectivity index (χ0v) is 40.7. The van der Waals surface area contributed by atoms with E-state index in [-0.39, 0.29) is 0 Å². The quantitative estimate of drug-likeness (QED) is 0.0806. The fourth-order valence-corrected chi connectivity index (χ4v) is 9.84. The molecule has 0 fully saturated rings. The van der Waals surface area contributed by atoms with Gasteiger partial charge in [-0.2, -0.15) is 0 Å². The van der Waals surface area contributed by atoms with Gasteiger partial charge in [-0.05, 0) is 163 Å². The Balaban J connectivity index is 0.000000126. The highest BCUT2D eigenvalue weighted by Gasteiger charge is 2.11. The van der Waals surface area contributed by atoms with Crippen molar-refractivity contribution in [1.29, 1.82) is 0 Å². The summed E-state index contributed by atoms with van der Waals surface area (Å²) in [5.74, 6) is 0. The molecule has 4 nitrogen and oxygen atoms in total. The minimum absolute atomic E-state index is 0.527. The van der Waals surface area contributed by atoms with Crippen molar-refractivity contribution in [3.63, 3.8) is 0 Å². The first-order valence-corrected chi connectivity index (χ1v) is 24.1. The molecule has 0 aromatic heterocycles. The van der Waals surface area contributed by atoms with E-state index >= 15 is 0 Å². The smallest absolute Gasteiger partial charge is 0.423 e. The van der Waals surface area contributed by atoms with Crippen LogP contribution in [0, 0.1) is 7.14 Å². The van der Waals surface area contributed by atoms with Crippen LogP contribution in [0.1, 0.15) is 0 Å². The average Bonchev–Trinajstić information content (AvgIpc) is 3.37. The maximum Gasteiger partial charge on any atom is 0.488 e. The molecule has 12 aromatic carbocycles. The Labute approximate surface area is 418 Å². The molecule has 0 aliphatic rings. The lowest BCUT2D eigenvalue weighted by Crippen LogP contribution is -2.29. The van der Waals surface area contributed by atoms with Gasteiger partial charge in [-0.15, -0.1) is 0 Å². The van der Waals surface area contributed by atoms with E-state index in [0.29, 0.717) is 5.46 Å². The maximum absolute atomic E-state index is 8.94. The third-order valence-electron chi connectivity index (χ3n) is 11.9. The number of fused-ring (bicyclic) bond motifs is 6. The van der Waals surface area contributed by atoms with Gasteiger partial charge in [-0.25, -0.2) is 0 Å². The Bertz CT molecular complexity index is 3420. The second-order valence-electron chi connectivity index (χ2n) is 16.2. The maximum atomic E-state index is 8.94. The molecular formula is C60H45BI2N2O2. The third-order valence-corrected chi connectivity index (χ3v) is 13.8. The van der Waals surface area contributed by atoms with Crippen LogP contribution >= 0.6 is 45.2 Å². The van der Waals surface area contributed by atoms with Crippen LogP contribution in [-0.4, -0.2) is 17.2 Å². The highest BCUT2D eigenvalue weighted by molar-refractivity contribution is 14.1. The monoisotopic (exact) mass is 1090 g/mol. The standard InChI is InChI=1S/C30H20.C10H9BO2.C10H6I2.C10H10N2/c1-3-9-23-19-25(17-15-21(23)7-1)27-11-5-14-30-28(12-6-13-29(27)30)26-18-16-22-8-2-4-10-24(22)20-26;12-11(13)10-6-5-8-3-1-2-4-9(8)7-10;2*11-9-5-1-3-7-8(9)4-2-6-10(7)12/h1-20H;1-7,12-13H;1-6H;1-6H,11-12H2. The lowest BCUT2D eigenvalue weighted by molar-refractivity contribution is 0.426. The van der Waals surface area contributed by atoms with Crippen molar-refractivity contribution >= 4 is 134 Å². The normalized spacial score (nSPS) is 10.8. The Hall–Kier alpha value is -6.76. The second kappa shape index (κ2) is 20.8. The van der Waals surface area contributed by atoms with Gasteiger partial charge in [0.05, 0.1) is 0 Å². The predicted molar refractivity (Wildman–Crippen MR) is 306 cm³/mol. The van der Waals surface area contributed by atoms with Crippen molar-refractivity contribution in [2.75, 3.05) is 11.5 Å².